The lowest BCUT2D eigenvalue weighted by molar-refractivity contribution is 0.103. The quantitative estimate of drug-likeness (QED) is 0.798. The fourth-order valence-electron chi connectivity index (χ4n) is 1.49. The Kier molecular flexibility index (Phi) is 4.69. The van der Waals surface area contributed by atoms with Gasteiger partial charge in [-0.25, -0.2) is 4.98 Å². The Morgan fingerprint density at radius 3 is 2.85 bits per heavy atom. The Morgan fingerprint density at radius 1 is 1.45 bits per heavy atom. The first-order valence-corrected chi connectivity index (χ1v) is 7.35. The highest BCUT2D eigenvalue weighted by atomic mass is 35.5. The van der Waals surface area contributed by atoms with Gasteiger partial charge in [0.25, 0.3) is 5.91 Å². The van der Waals surface area contributed by atoms with E-state index in [0.29, 0.717) is 32.3 Å². The van der Waals surface area contributed by atoms with E-state index in [-0.39, 0.29) is 11.7 Å². The molecule has 0 aliphatic carbocycles. The largest absolute Gasteiger partial charge is 0.382 e. The first-order chi connectivity index (χ1) is 9.51. The number of nitrogens with one attached hydrogen (secondary N) is 2. The van der Waals surface area contributed by atoms with Crippen molar-refractivity contribution in [3.63, 3.8) is 0 Å². The van der Waals surface area contributed by atoms with Gasteiger partial charge in [0, 0.05) is 11.6 Å². The minimum absolute atomic E-state index is 0.188. The lowest BCUT2D eigenvalue weighted by Gasteiger charge is -2.06. The zero-order valence-electron chi connectivity index (χ0n) is 10.5. The first kappa shape index (κ1) is 14.9. The summed E-state index contributed by atoms with van der Waals surface area (Å²) in [7, 11) is 0. The van der Waals surface area contributed by atoms with Gasteiger partial charge in [0.15, 0.2) is 5.13 Å². The molecular weight excluding hydrogens is 319 g/mol. The van der Waals surface area contributed by atoms with Crippen LogP contribution in [0.1, 0.15) is 16.6 Å². The predicted octanol–water partition coefficient (Wildman–Crippen LogP) is 3.72. The molecule has 1 aromatic carbocycles. The maximum atomic E-state index is 12.1. The van der Waals surface area contributed by atoms with Crippen molar-refractivity contribution in [3.05, 3.63) is 33.1 Å². The number of nitrogens with two attached hydrogens (primary N) is 1. The number of hydrogen-bond donors (Lipinski definition) is 3. The van der Waals surface area contributed by atoms with Crippen LogP contribution in [0.2, 0.25) is 10.0 Å². The maximum Gasteiger partial charge on any atom is 0.269 e. The van der Waals surface area contributed by atoms with E-state index in [2.05, 4.69) is 15.6 Å². The molecule has 0 fully saturated rings. The fraction of sp³-hybridized carbons (Fsp3) is 0.167. The second-order valence-corrected chi connectivity index (χ2v) is 5.68. The number of amides is 1. The minimum atomic E-state index is -0.353. The third-order valence-corrected chi connectivity index (χ3v) is 3.94. The summed E-state index contributed by atoms with van der Waals surface area (Å²) in [5.41, 5.74) is 6.20. The number of carbonyl (C=O) groups is 1. The van der Waals surface area contributed by atoms with E-state index in [9.17, 15) is 4.79 Å². The predicted molar refractivity (Wildman–Crippen MR) is 85.1 cm³/mol. The fourth-order valence-corrected chi connectivity index (χ4v) is 2.79. The van der Waals surface area contributed by atoms with Crippen LogP contribution in [0, 0.1) is 0 Å². The van der Waals surface area contributed by atoms with E-state index in [1.165, 1.54) is 11.3 Å². The number of halogens is 2. The summed E-state index contributed by atoms with van der Waals surface area (Å²) >= 11 is 13.0. The van der Waals surface area contributed by atoms with Crippen LogP contribution in [0.3, 0.4) is 0 Å². The molecule has 0 saturated heterocycles. The molecular formula is C12H12Cl2N4OS. The molecule has 1 heterocycles. The van der Waals surface area contributed by atoms with Crippen molar-refractivity contribution >= 4 is 57.1 Å². The van der Waals surface area contributed by atoms with Gasteiger partial charge in [-0.2, -0.15) is 0 Å². The van der Waals surface area contributed by atoms with Gasteiger partial charge in [0.2, 0.25) is 0 Å². The maximum absolute atomic E-state index is 12.1. The molecule has 0 saturated carbocycles. The Bertz CT molecular complexity index is 644. The molecule has 0 radical (unpaired) electrons. The molecule has 0 spiro atoms. The summed E-state index contributed by atoms with van der Waals surface area (Å²) in [5, 5.41) is 7.16. The SMILES string of the molecule is CCNc1nc(N)c(C(=O)Nc2ccc(Cl)cc2Cl)s1. The molecule has 1 aromatic heterocycles. The molecule has 2 aromatic rings. The highest BCUT2D eigenvalue weighted by Gasteiger charge is 2.17. The molecule has 0 aliphatic heterocycles. The van der Waals surface area contributed by atoms with Crippen molar-refractivity contribution in [2.45, 2.75) is 6.92 Å². The summed E-state index contributed by atoms with van der Waals surface area (Å²) in [6.45, 7) is 2.64. The van der Waals surface area contributed by atoms with Crippen molar-refractivity contribution in [1.29, 1.82) is 0 Å². The van der Waals surface area contributed by atoms with Crippen LogP contribution < -0.4 is 16.4 Å². The first-order valence-electron chi connectivity index (χ1n) is 5.77. The highest BCUT2D eigenvalue weighted by molar-refractivity contribution is 7.18. The van der Waals surface area contributed by atoms with E-state index in [1.807, 2.05) is 6.92 Å². The molecule has 2 rings (SSSR count). The third kappa shape index (κ3) is 3.33. The highest BCUT2D eigenvalue weighted by Crippen LogP contribution is 2.29. The standard InChI is InChI=1S/C12H12Cl2N4OS/c1-2-16-12-18-10(15)9(20-12)11(19)17-8-4-3-6(13)5-7(8)14/h3-5H,2,15H2,1H3,(H,16,18)(H,17,19). The van der Waals surface area contributed by atoms with Gasteiger partial charge in [-0.3, -0.25) is 4.79 Å². The number of anilines is 3. The van der Waals surface area contributed by atoms with Crippen molar-refractivity contribution in [2.75, 3.05) is 22.9 Å². The van der Waals surface area contributed by atoms with Gasteiger partial charge in [-0.15, -0.1) is 0 Å². The van der Waals surface area contributed by atoms with Crippen LogP contribution in [0.5, 0.6) is 0 Å². The Hall–Kier alpha value is -1.50. The number of aromatic nitrogens is 1. The number of nitrogens with zero attached hydrogens (tertiary/aromatic N) is 1. The number of benzene rings is 1. The molecule has 8 heteroatoms. The molecule has 0 bridgehead atoms. The molecule has 5 nitrogen and oxygen atoms in total. The van der Waals surface area contributed by atoms with Gasteiger partial charge in [0.1, 0.15) is 10.7 Å². The lowest BCUT2D eigenvalue weighted by Crippen LogP contribution is -2.12. The van der Waals surface area contributed by atoms with Crippen LogP contribution in [-0.2, 0) is 0 Å². The number of thiazole rings is 1. The normalized spacial score (nSPS) is 10.3. The van der Waals surface area contributed by atoms with Crippen LogP contribution in [0.25, 0.3) is 0 Å². The van der Waals surface area contributed by atoms with E-state index in [1.54, 1.807) is 18.2 Å². The molecule has 4 N–H and O–H groups in total. The summed E-state index contributed by atoms with van der Waals surface area (Å²) in [6.07, 6.45) is 0. The Morgan fingerprint density at radius 2 is 2.20 bits per heavy atom. The van der Waals surface area contributed by atoms with Crippen molar-refractivity contribution in [3.8, 4) is 0 Å². The van der Waals surface area contributed by atoms with Gasteiger partial charge >= 0.3 is 0 Å². The van der Waals surface area contributed by atoms with Crippen molar-refractivity contribution < 1.29 is 4.79 Å². The number of nitrogen functional groups attached to an aromatic ring is 1. The van der Waals surface area contributed by atoms with E-state index < -0.39 is 0 Å². The van der Waals surface area contributed by atoms with Crippen LogP contribution >= 0.6 is 34.5 Å². The van der Waals surface area contributed by atoms with E-state index >= 15 is 0 Å². The monoisotopic (exact) mass is 330 g/mol. The molecule has 0 aliphatic rings. The Balaban J connectivity index is 2.19. The lowest BCUT2D eigenvalue weighted by atomic mass is 10.3. The Labute approximate surface area is 130 Å². The molecule has 0 atom stereocenters. The van der Waals surface area contributed by atoms with Crippen molar-refractivity contribution in [1.82, 2.24) is 4.98 Å². The smallest absolute Gasteiger partial charge is 0.269 e. The van der Waals surface area contributed by atoms with Crippen LogP contribution in [0.15, 0.2) is 18.2 Å². The summed E-state index contributed by atoms with van der Waals surface area (Å²) in [5.74, 6) is -0.165. The number of rotatable bonds is 4. The number of hydrogen-bond acceptors (Lipinski definition) is 5. The second-order valence-electron chi connectivity index (χ2n) is 3.84. The molecule has 106 valence electrons. The summed E-state index contributed by atoms with van der Waals surface area (Å²) in [6, 6.07) is 4.83. The van der Waals surface area contributed by atoms with Crippen molar-refractivity contribution in [2.24, 2.45) is 0 Å². The van der Waals surface area contributed by atoms with E-state index in [0.717, 1.165) is 0 Å². The van der Waals surface area contributed by atoms with Crippen LogP contribution in [0.4, 0.5) is 16.6 Å². The average molecular weight is 331 g/mol. The zero-order valence-corrected chi connectivity index (χ0v) is 12.9. The molecule has 0 unspecified atom stereocenters. The van der Waals surface area contributed by atoms with Gasteiger partial charge in [0.05, 0.1) is 10.7 Å². The molecule has 1 amide bonds. The van der Waals surface area contributed by atoms with E-state index in [4.69, 9.17) is 28.9 Å². The zero-order chi connectivity index (χ0) is 14.7. The van der Waals surface area contributed by atoms with Crippen LogP contribution in [-0.4, -0.2) is 17.4 Å². The summed E-state index contributed by atoms with van der Waals surface area (Å²) in [4.78, 5) is 16.6. The minimum Gasteiger partial charge on any atom is -0.382 e. The van der Waals surface area contributed by atoms with Gasteiger partial charge in [-0.05, 0) is 25.1 Å². The van der Waals surface area contributed by atoms with Gasteiger partial charge < -0.3 is 16.4 Å². The summed E-state index contributed by atoms with van der Waals surface area (Å²) < 4.78 is 0. The second kappa shape index (κ2) is 6.30. The third-order valence-electron chi connectivity index (χ3n) is 2.37. The topological polar surface area (TPSA) is 80.0 Å². The molecule has 20 heavy (non-hydrogen) atoms. The average Bonchev–Trinajstić information content (AvgIpc) is 2.74. The number of carbonyl (C=O) groups excluding carboxylic acids is 1. The van der Waals surface area contributed by atoms with Gasteiger partial charge in [-0.1, -0.05) is 34.5 Å².